The normalized spacial score (nSPS) is 17.8. The molecule has 128 valence electrons. The number of carbonyl (C=O) groups excluding carboxylic acids is 3. The third-order valence-electron chi connectivity index (χ3n) is 4.32. The molecule has 0 saturated carbocycles. The zero-order valence-electron chi connectivity index (χ0n) is 13.3. The van der Waals surface area contributed by atoms with E-state index in [0.717, 1.165) is 0 Å². The summed E-state index contributed by atoms with van der Waals surface area (Å²) in [4.78, 5) is 42.9. The molecule has 1 aromatic heterocycles. The monoisotopic (exact) mass is 357 g/mol. The number of aromatic nitrogens is 1. The molecule has 0 unspecified atom stereocenters. The van der Waals surface area contributed by atoms with Gasteiger partial charge >= 0.3 is 0 Å². The lowest BCUT2D eigenvalue weighted by molar-refractivity contribution is -0.144. The van der Waals surface area contributed by atoms with Gasteiger partial charge in [-0.2, -0.15) is 0 Å². The molecule has 7 nitrogen and oxygen atoms in total. The first kappa shape index (κ1) is 15.8. The fraction of sp³-hybridized carbons (Fsp3) is 0.294. The van der Waals surface area contributed by atoms with Gasteiger partial charge in [-0.1, -0.05) is 11.3 Å². The number of amides is 3. The second kappa shape index (κ2) is 6.29. The first-order valence-corrected chi connectivity index (χ1v) is 8.81. The molecule has 3 heterocycles. The zero-order valence-corrected chi connectivity index (χ0v) is 14.1. The van der Waals surface area contributed by atoms with Crippen LogP contribution in [0.5, 0.6) is 10.9 Å². The third-order valence-corrected chi connectivity index (χ3v) is 4.97. The van der Waals surface area contributed by atoms with E-state index < -0.39 is 0 Å². The molecule has 2 aromatic rings. The Bertz CT molecular complexity index is 797. The zero-order chi connectivity index (χ0) is 17.4. The number of rotatable bonds is 4. The van der Waals surface area contributed by atoms with E-state index in [1.165, 1.54) is 16.2 Å². The van der Waals surface area contributed by atoms with Crippen LogP contribution in [0.25, 0.3) is 0 Å². The smallest absolute Gasteiger partial charge is 0.278 e. The topological polar surface area (TPSA) is 79.8 Å². The molecule has 1 aromatic carbocycles. The van der Waals surface area contributed by atoms with E-state index >= 15 is 0 Å². The number of hydrogen-bond donors (Lipinski definition) is 0. The molecule has 2 aliphatic rings. The van der Waals surface area contributed by atoms with Gasteiger partial charge in [-0.05, 0) is 24.3 Å². The van der Waals surface area contributed by atoms with Crippen LogP contribution in [0.1, 0.15) is 23.2 Å². The highest BCUT2D eigenvalue weighted by Crippen LogP contribution is 2.26. The van der Waals surface area contributed by atoms with Crippen LogP contribution < -0.4 is 4.74 Å². The molecular formula is C17H15N3O4S. The van der Waals surface area contributed by atoms with Crippen molar-refractivity contribution in [2.24, 2.45) is 0 Å². The van der Waals surface area contributed by atoms with E-state index in [9.17, 15) is 14.4 Å². The van der Waals surface area contributed by atoms with Crippen molar-refractivity contribution in [2.45, 2.75) is 18.9 Å². The Morgan fingerprint density at radius 1 is 1.12 bits per heavy atom. The highest BCUT2D eigenvalue weighted by Gasteiger charge is 2.42. The molecule has 0 aliphatic carbocycles. The Morgan fingerprint density at radius 3 is 2.40 bits per heavy atom. The fourth-order valence-corrected chi connectivity index (χ4v) is 3.50. The van der Waals surface area contributed by atoms with Gasteiger partial charge in [0.15, 0.2) is 0 Å². The Balaban J connectivity index is 1.36. The second-order valence-corrected chi connectivity index (χ2v) is 6.80. The summed E-state index contributed by atoms with van der Waals surface area (Å²) in [5.41, 5.74) is 0.545. The number of ether oxygens (including phenoxy) is 1. The van der Waals surface area contributed by atoms with Crippen LogP contribution in [0.3, 0.4) is 0 Å². The van der Waals surface area contributed by atoms with Gasteiger partial charge in [0.25, 0.3) is 11.1 Å². The summed E-state index contributed by atoms with van der Waals surface area (Å²) < 4.78 is 5.56. The molecule has 2 aliphatic heterocycles. The average Bonchev–Trinajstić information content (AvgIpc) is 3.19. The minimum absolute atomic E-state index is 0.115. The maximum absolute atomic E-state index is 12.5. The van der Waals surface area contributed by atoms with E-state index in [1.807, 2.05) is 5.38 Å². The van der Waals surface area contributed by atoms with Crippen LogP contribution in [0.4, 0.5) is 0 Å². The van der Waals surface area contributed by atoms with Crippen LogP contribution in [0.15, 0.2) is 35.8 Å². The predicted molar refractivity (Wildman–Crippen MR) is 89.4 cm³/mol. The highest BCUT2D eigenvalue weighted by atomic mass is 32.1. The summed E-state index contributed by atoms with van der Waals surface area (Å²) in [5.74, 6) is 0.231. The predicted octanol–water partition coefficient (Wildman–Crippen LogP) is 1.91. The van der Waals surface area contributed by atoms with Crippen LogP contribution in [0, 0.1) is 0 Å². The van der Waals surface area contributed by atoms with E-state index in [4.69, 9.17) is 4.74 Å². The lowest BCUT2D eigenvalue weighted by Crippen LogP contribution is -2.62. The number of imide groups is 1. The number of carbonyl (C=O) groups is 3. The average molecular weight is 357 g/mol. The second-order valence-electron chi connectivity index (χ2n) is 5.95. The number of thiazole rings is 1. The summed E-state index contributed by atoms with van der Waals surface area (Å²) in [6, 6.07) is 6.66. The fourth-order valence-electron chi connectivity index (χ4n) is 3.00. The van der Waals surface area contributed by atoms with Crippen LogP contribution in [-0.4, -0.2) is 51.6 Å². The molecule has 0 atom stereocenters. The van der Waals surface area contributed by atoms with Gasteiger partial charge in [0.1, 0.15) is 5.75 Å². The highest BCUT2D eigenvalue weighted by molar-refractivity contribution is 7.11. The van der Waals surface area contributed by atoms with E-state index in [1.54, 1.807) is 35.4 Å². The molecule has 25 heavy (non-hydrogen) atoms. The summed E-state index contributed by atoms with van der Waals surface area (Å²) in [7, 11) is 0. The lowest BCUT2D eigenvalue weighted by atomic mass is 10.0. The van der Waals surface area contributed by atoms with Crippen molar-refractivity contribution in [3.63, 3.8) is 0 Å². The van der Waals surface area contributed by atoms with Crippen LogP contribution in [0.2, 0.25) is 0 Å². The molecule has 8 heteroatoms. The molecule has 0 N–H and O–H groups in total. The van der Waals surface area contributed by atoms with Gasteiger partial charge < -0.3 is 9.64 Å². The summed E-state index contributed by atoms with van der Waals surface area (Å²) in [5, 5.41) is 2.37. The van der Waals surface area contributed by atoms with Crippen LogP contribution >= 0.6 is 11.3 Å². The number of hydrogen-bond acceptors (Lipinski definition) is 6. The maximum Gasteiger partial charge on any atom is 0.278 e. The van der Waals surface area contributed by atoms with Gasteiger partial charge in [0.2, 0.25) is 11.8 Å². The molecule has 3 amide bonds. The van der Waals surface area contributed by atoms with Crippen molar-refractivity contribution < 1.29 is 19.1 Å². The third kappa shape index (κ3) is 3.00. The summed E-state index contributed by atoms with van der Waals surface area (Å²) >= 11 is 1.39. The van der Waals surface area contributed by atoms with Crippen molar-refractivity contribution in [3.05, 3.63) is 41.4 Å². The molecule has 2 saturated heterocycles. The van der Waals surface area contributed by atoms with Crippen molar-refractivity contribution >= 4 is 29.1 Å². The Kier molecular flexibility index (Phi) is 3.96. The maximum atomic E-state index is 12.5. The number of benzene rings is 1. The minimum atomic E-state index is -0.182. The Morgan fingerprint density at radius 2 is 1.80 bits per heavy atom. The van der Waals surface area contributed by atoms with Crippen molar-refractivity contribution in [1.29, 1.82) is 0 Å². The van der Waals surface area contributed by atoms with E-state index in [0.29, 0.717) is 29.6 Å². The molecule has 2 fully saturated rings. The van der Waals surface area contributed by atoms with E-state index in [2.05, 4.69) is 4.98 Å². The van der Waals surface area contributed by atoms with Gasteiger partial charge in [-0.15, -0.1) is 0 Å². The van der Waals surface area contributed by atoms with Crippen LogP contribution in [-0.2, 0) is 9.59 Å². The molecule has 0 spiro atoms. The summed E-state index contributed by atoms with van der Waals surface area (Å²) in [6.45, 7) is 0.793. The molecule has 4 rings (SSSR count). The van der Waals surface area contributed by atoms with Crippen molar-refractivity contribution in [3.8, 4) is 10.9 Å². The standard InChI is InChI=1S/C17H15N3O4S/c21-14-5-6-15(22)20(14)12-9-19(10-12)16(23)11-1-3-13(4-2-11)24-17-18-7-8-25-17/h1-4,7-8,12H,5-6,9-10H2. The Labute approximate surface area is 147 Å². The number of likely N-dealkylation sites (tertiary alicyclic amines) is 2. The van der Waals surface area contributed by atoms with Gasteiger partial charge in [-0.3, -0.25) is 19.3 Å². The minimum Gasteiger partial charge on any atom is -0.431 e. The van der Waals surface area contributed by atoms with E-state index in [-0.39, 0.29) is 36.6 Å². The first-order valence-electron chi connectivity index (χ1n) is 7.93. The molecule has 0 bridgehead atoms. The van der Waals surface area contributed by atoms with Crippen molar-refractivity contribution in [1.82, 2.24) is 14.8 Å². The van der Waals surface area contributed by atoms with Gasteiger partial charge in [-0.25, -0.2) is 4.98 Å². The lowest BCUT2D eigenvalue weighted by Gasteiger charge is -2.43. The Hall–Kier alpha value is -2.74. The molecule has 0 radical (unpaired) electrons. The van der Waals surface area contributed by atoms with Crippen molar-refractivity contribution in [2.75, 3.05) is 13.1 Å². The van der Waals surface area contributed by atoms with Gasteiger partial charge in [0.05, 0.1) is 6.04 Å². The largest absolute Gasteiger partial charge is 0.431 e. The number of nitrogens with zero attached hydrogens (tertiary/aromatic N) is 3. The first-order chi connectivity index (χ1) is 12.1. The summed E-state index contributed by atoms with van der Waals surface area (Å²) in [6.07, 6.45) is 2.22. The quantitative estimate of drug-likeness (QED) is 0.781. The van der Waals surface area contributed by atoms with Gasteiger partial charge in [0, 0.05) is 43.1 Å². The SMILES string of the molecule is O=C(c1ccc(Oc2nccs2)cc1)N1CC(N2C(=O)CCC2=O)C1. The molecular weight excluding hydrogens is 342 g/mol.